The molecule has 2 aliphatic rings. The molecule has 0 bridgehead atoms. The number of amides is 3. The second kappa shape index (κ2) is 9.65. The Kier molecular flexibility index (Phi) is 6.67. The molecule has 0 spiro atoms. The Morgan fingerprint density at radius 1 is 1.06 bits per heavy atom. The second-order valence-corrected chi connectivity index (χ2v) is 9.05. The minimum atomic E-state index is -0.857. The lowest BCUT2D eigenvalue weighted by Gasteiger charge is -2.48. The first-order valence-electron chi connectivity index (χ1n) is 11.5. The van der Waals surface area contributed by atoms with E-state index in [-0.39, 0.29) is 36.2 Å². The molecule has 4 rings (SSSR count). The number of aryl methyl sites for hydroxylation is 2. The number of ether oxygens (including phenoxy) is 1. The van der Waals surface area contributed by atoms with Crippen LogP contribution in [0, 0.1) is 13.8 Å². The highest BCUT2D eigenvalue weighted by Crippen LogP contribution is 2.31. The smallest absolute Gasteiger partial charge is 0.254 e. The van der Waals surface area contributed by atoms with Crippen molar-refractivity contribution in [1.29, 1.82) is 0 Å². The van der Waals surface area contributed by atoms with Crippen molar-refractivity contribution in [2.45, 2.75) is 64.1 Å². The summed E-state index contributed by atoms with van der Waals surface area (Å²) in [5.41, 5.74) is 3.26. The van der Waals surface area contributed by atoms with Gasteiger partial charge in [-0.05, 0) is 74.2 Å². The van der Waals surface area contributed by atoms with Crippen LogP contribution in [-0.2, 0) is 9.59 Å². The number of hydrogen-bond acceptors (Lipinski definition) is 4. The summed E-state index contributed by atoms with van der Waals surface area (Å²) in [5.74, 6) is -0.131. The summed E-state index contributed by atoms with van der Waals surface area (Å²) in [6.07, 6.45) is 3.56. The van der Waals surface area contributed by atoms with Gasteiger partial charge in [-0.1, -0.05) is 18.9 Å². The van der Waals surface area contributed by atoms with Crippen molar-refractivity contribution in [2.75, 3.05) is 12.4 Å². The highest BCUT2D eigenvalue weighted by Gasteiger charge is 2.46. The van der Waals surface area contributed by atoms with E-state index in [1.165, 1.54) is 0 Å². The molecule has 3 amide bonds. The predicted octanol–water partition coefficient (Wildman–Crippen LogP) is 3.59. The van der Waals surface area contributed by atoms with E-state index in [4.69, 9.17) is 4.74 Å². The Labute approximate surface area is 194 Å². The first-order valence-corrected chi connectivity index (χ1v) is 11.5. The zero-order chi connectivity index (χ0) is 23.5. The molecule has 0 unspecified atom stereocenters. The Hall–Kier alpha value is -3.35. The fraction of sp³-hybridized carbons (Fsp3) is 0.423. The van der Waals surface area contributed by atoms with Crippen LogP contribution < -0.4 is 15.4 Å². The molecule has 2 aromatic rings. The summed E-state index contributed by atoms with van der Waals surface area (Å²) < 4.78 is 5.20. The van der Waals surface area contributed by atoms with Crippen LogP contribution in [0.3, 0.4) is 0 Å². The molecule has 1 aliphatic heterocycles. The third-order valence-corrected chi connectivity index (χ3v) is 6.51. The number of benzene rings is 2. The number of methoxy groups -OCH3 is 1. The molecule has 0 aromatic heterocycles. The van der Waals surface area contributed by atoms with Gasteiger partial charge in [0.15, 0.2) is 0 Å². The van der Waals surface area contributed by atoms with E-state index in [2.05, 4.69) is 10.6 Å². The molecule has 1 aliphatic carbocycles. The van der Waals surface area contributed by atoms with Crippen molar-refractivity contribution in [3.63, 3.8) is 0 Å². The lowest BCUT2D eigenvalue weighted by atomic mass is 9.84. The zero-order valence-corrected chi connectivity index (χ0v) is 19.4. The largest absolute Gasteiger partial charge is 0.497 e. The van der Waals surface area contributed by atoms with E-state index < -0.39 is 6.04 Å². The second-order valence-electron chi connectivity index (χ2n) is 9.05. The van der Waals surface area contributed by atoms with Crippen LogP contribution in [0.2, 0.25) is 0 Å². The molecule has 2 N–H and O–H groups in total. The van der Waals surface area contributed by atoms with E-state index in [1.807, 2.05) is 32.0 Å². The first-order chi connectivity index (χ1) is 15.9. The maximum Gasteiger partial charge on any atom is 0.254 e. The third kappa shape index (κ3) is 5.02. The summed E-state index contributed by atoms with van der Waals surface area (Å²) in [4.78, 5) is 41.3. The molecule has 7 nitrogen and oxygen atoms in total. The van der Waals surface area contributed by atoms with E-state index in [9.17, 15) is 14.4 Å². The lowest BCUT2D eigenvalue weighted by Crippen LogP contribution is -2.68. The van der Waals surface area contributed by atoms with Crippen molar-refractivity contribution in [2.24, 2.45) is 0 Å². The molecule has 2 aromatic carbocycles. The number of carbonyl (C=O) groups excluding carboxylic acids is 3. The molecular formula is C26H31N3O4. The van der Waals surface area contributed by atoms with Crippen LogP contribution in [0.25, 0.3) is 0 Å². The minimum Gasteiger partial charge on any atom is -0.497 e. The number of fused-ring (bicyclic) bond motifs is 1. The van der Waals surface area contributed by atoms with Gasteiger partial charge in [0.2, 0.25) is 11.8 Å². The van der Waals surface area contributed by atoms with Crippen molar-refractivity contribution in [3.8, 4) is 5.75 Å². The average molecular weight is 450 g/mol. The van der Waals surface area contributed by atoms with Crippen molar-refractivity contribution in [1.82, 2.24) is 10.2 Å². The van der Waals surface area contributed by atoms with Crippen LogP contribution >= 0.6 is 0 Å². The first kappa shape index (κ1) is 22.8. The number of nitrogens with zero attached hydrogens (tertiary/aromatic N) is 1. The summed E-state index contributed by atoms with van der Waals surface area (Å²) in [6.45, 7) is 3.94. The lowest BCUT2D eigenvalue weighted by molar-refractivity contribution is -0.135. The molecule has 3 atom stereocenters. The Balaban J connectivity index is 1.59. The van der Waals surface area contributed by atoms with Crippen molar-refractivity contribution in [3.05, 3.63) is 59.2 Å². The highest BCUT2D eigenvalue weighted by atomic mass is 16.5. The molecule has 1 saturated carbocycles. The average Bonchev–Trinajstić information content (AvgIpc) is 2.78. The fourth-order valence-corrected chi connectivity index (χ4v) is 5.05. The highest BCUT2D eigenvalue weighted by molar-refractivity contribution is 6.01. The monoisotopic (exact) mass is 449 g/mol. The molecule has 174 valence electrons. The van der Waals surface area contributed by atoms with Crippen molar-refractivity contribution < 1.29 is 19.1 Å². The molecular weight excluding hydrogens is 418 g/mol. The number of nitrogens with one attached hydrogen (secondary N) is 2. The van der Waals surface area contributed by atoms with Crippen molar-refractivity contribution >= 4 is 23.4 Å². The maximum atomic E-state index is 13.6. The van der Waals surface area contributed by atoms with Crippen LogP contribution in [0.5, 0.6) is 5.75 Å². The predicted molar refractivity (Wildman–Crippen MR) is 126 cm³/mol. The summed E-state index contributed by atoms with van der Waals surface area (Å²) in [5, 5.41) is 5.98. The fourth-order valence-electron chi connectivity index (χ4n) is 5.05. The van der Waals surface area contributed by atoms with Gasteiger partial charge in [-0.15, -0.1) is 0 Å². The molecule has 1 heterocycles. The Morgan fingerprint density at radius 2 is 1.73 bits per heavy atom. The number of carbonyl (C=O) groups is 3. The van der Waals surface area contributed by atoms with Gasteiger partial charge in [0.1, 0.15) is 11.8 Å². The minimum absolute atomic E-state index is 0.0767. The van der Waals surface area contributed by atoms with Gasteiger partial charge in [0, 0.05) is 17.3 Å². The number of piperazine rings is 1. The summed E-state index contributed by atoms with van der Waals surface area (Å²) in [7, 11) is 1.57. The number of rotatable bonds is 5. The normalized spacial score (nSPS) is 22.2. The topological polar surface area (TPSA) is 87.7 Å². The molecule has 0 radical (unpaired) electrons. The summed E-state index contributed by atoms with van der Waals surface area (Å²) >= 11 is 0. The van der Waals surface area contributed by atoms with Crippen LogP contribution in [0.15, 0.2) is 42.5 Å². The van der Waals surface area contributed by atoms with Crippen LogP contribution in [-0.4, -0.2) is 47.9 Å². The molecule has 1 saturated heterocycles. The van der Waals surface area contributed by atoms with Gasteiger partial charge >= 0.3 is 0 Å². The van der Waals surface area contributed by atoms with Gasteiger partial charge < -0.3 is 20.3 Å². The van der Waals surface area contributed by atoms with Gasteiger partial charge in [-0.2, -0.15) is 0 Å². The third-order valence-electron chi connectivity index (χ3n) is 6.51. The number of hydrogen-bond donors (Lipinski definition) is 2. The molecule has 33 heavy (non-hydrogen) atoms. The Bertz CT molecular complexity index is 1030. The van der Waals surface area contributed by atoms with E-state index in [1.54, 1.807) is 36.3 Å². The van der Waals surface area contributed by atoms with Gasteiger partial charge in [-0.3, -0.25) is 14.4 Å². The zero-order valence-electron chi connectivity index (χ0n) is 19.4. The Morgan fingerprint density at radius 3 is 2.39 bits per heavy atom. The maximum absolute atomic E-state index is 13.6. The van der Waals surface area contributed by atoms with Crippen LogP contribution in [0.1, 0.15) is 53.6 Å². The van der Waals surface area contributed by atoms with E-state index >= 15 is 0 Å². The summed E-state index contributed by atoms with van der Waals surface area (Å²) in [6, 6.07) is 11.6. The number of anilines is 1. The quantitative estimate of drug-likeness (QED) is 0.730. The van der Waals surface area contributed by atoms with Gasteiger partial charge in [0.05, 0.1) is 19.6 Å². The molecule has 7 heteroatoms. The van der Waals surface area contributed by atoms with E-state index in [0.717, 1.165) is 36.8 Å². The van der Waals surface area contributed by atoms with E-state index in [0.29, 0.717) is 17.0 Å². The molecule has 2 fully saturated rings. The van der Waals surface area contributed by atoms with Crippen LogP contribution in [0.4, 0.5) is 5.69 Å². The SMILES string of the molecule is COc1ccc(C(=O)N2[C@H](CC(=O)Nc3cc(C)cc(C)c3)C(=O)N[C@@H]3CCCC[C@@H]32)cc1. The standard InChI is InChI=1S/C26H31N3O4/c1-16-12-17(2)14-19(13-16)27-24(30)15-23-25(31)28-21-6-4-5-7-22(21)29(23)26(32)18-8-10-20(33-3)11-9-18/h8-14,21-23H,4-7,15H2,1-3H3,(H,27,30)(H,28,31)/t21-,22+,23-/m1/s1. The van der Waals surface area contributed by atoms with Gasteiger partial charge in [0.25, 0.3) is 5.91 Å². The van der Waals surface area contributed by atoms with Gasteiger partial charge in [-0.25, -0.2) is 0 Å².